The van der Waals surface area contributed by atoms with Crippen LogP contribution in [0.5, 0.6) is 0 Å². The number of amides is 2. The summed E-state index contributed by atoms with van der Waals surface area (Å²) in [5.41, 5.74) is 2.07. The summed E-state index contributed by atoms with van der Waals surface area (Å²) in [4.78, 5) is 38.8. The number of hydrogen-bond acceptors (Lipinski definition) is 5. The third kappa shape index (κ3) is 4.21. The summed E-state index contributed by atoms with van der Waals surface area (Å²) in [7, 11) is 0. The van der Waals surface area contributed by atoms with Gasteiger partial charge >= 0.3 is 5.97 Å². The Morgan fingerprint density at radius 2 is 2.11 bits per heavy atom. The van der Waals surface area contributed by atoms with E-state index in [9.17, 15) is 14.4 Å². The van der Waals surface area contributed by atoms with Crippen LogP contribution in [0.1, 0.15) is 5.56 Å². The Morgan fingerprint density at radius 3 is 2.78 bits per heavy atom. The number of hydrogen-bond donors (Lipinski definition) is 1. The average molecular weight is 498 g/mol. The molecular formula is C19H19IN2O4S. The van der Waals surface area contributed by atoms with Crippen LogP contribution >= 0.6 is 34.4 Å². The largest absolute Gasteiger partial charge is 0.457 e. The minimum atomic E-state index is -0.621. The number of carbonyl (C=O) groups is 3. The topological polar surface area (TPSA) is 75.7 Å². The molecule has 0 bridgehead atoms. The van der Waals surface area contributed by atoms with Crippen molar-refractivity contribution in [3.8, 4) is 0 Å². The van der Waals surface area contributed by atoms with E-state index >= 15 is 0 Å². The number of esters is 1. The minimum absolute atomic E-state index is 0.0912. The van der Waals surface area contributed by atoms with Gasteiger partial charge < -0.3 is 10.1 Å². The van der Waals surface area contributed by atoms with Crippen LogP contribution in [0.15, 0.2) is 54.3 Å². The second-order valence-corrected chi connectivity index (χ2v) is 7.96. The first-order chi connectivity index (χ1) is 13.1. The van der Waals surface area contributed by atoms with Crippen LogP contribution in [0.2, 0.25) is 0 Å². The van der Waals surface area contributed by atoms with E-state index in [4.69, 9.17) is 4.74 Å². The van der Waals surface area contributed by atoms with Gasteiger partial charge in [0.05, 0.1) is 6.42 Å². The number of thioether (sulfide) groups is 1. The van der Waals surface area contributed by atoms with Gasteiger partial charge in [0.25, 0.3) is 5.91 Å². The smallest absolute Gasteiger partial charge is 0.355 e. The number of alkyl halides is 1. The minimum Gasteiger partial charge on any atom is -0.457 e. The molecule has 0 aromatic heterocycles. The van der Waals surface area contributed by atoms with Crippen LogP contribution in [0.3, 0.4) is 0 Å². The van der Waals surface area contributed by atoms with Crippen LogP contribution in [-0.2, 0) is 25.5 Å². The summed E-state index contributed by atoms with van der Waals surface area (Å²) < 4.78 is 5.78. The van der Waals surface area contributed by atoms with E-state index in [1.807, 2.05) is 30.3 Å². The molecule has 0 spiro atoms. The maximum atomic E-state index is 12.7. The summed E-state index contributed by atoms with van der Waals surface area (Å²) in [6, 6.07) is 8.74. The normalized spacial score (nSPS) is 21.2. The molecule has 2 amide bonds. The maximum Gasteiger partial charge on any atom is 0.355 e. The monoisotopic (exact) mass is 498 g/mol. The van der Waals surface area contributed by atoms with Gasteiger partial charge in [0, 0.05) is 10.2 Å². The molecule has 6 nitrogen and oxygen atoms in total. The molecule has 1 fully saturated rings. The van der Waals surface area contributed by atoms with Crippen molar-refractivity contribution in [1.29, 1.82) is 0 Å². The Morgan fingerprint density at radius 1 is 1.37 bits per heavy atom. The van der Waals surface area contributed by atoms with Gasteiger partial charge in [-0.15, -0.1) is 11.8 Å². The lowest BCUT2D eigenvalue weighted by Gasteiger charge is -2.49. The van der Waals surface area contributed by atoms with Crippen molar-refractivity contribution in [3.05, 3.63) is 59.8 Å². The van der Waals surface area contributed by atoms with Crippen LogP contribution in [0.4, 0.5) is 0 Å². The van der Waals surface area contributed by atoms with Gasteiger partial charge in [-0.2, -0.15) is 0 Å². The Labute approximate surface area is 175 Å². The number of ether oxygens (including phenoxy) is 1. The molecular weight excluding hydrogens is 479 g/mol. The predicted molar refractivity (Wildman–Crippen MR) is 112 cm³/mol. The lowest BCUT2D eigenvalue weighted by atomic mass is 10.0. The number of halogens is 1. The number of nitrogens with one attached hydrogen (secondary N) is 1. The van der Waals surface area contributed by atoms with Crippen LogP contribution in [0, 0.1) is 0 Å². The average Bonchev–Trinajstić information content (AvgIpc) is 2.69. The van der Waals surface area contributed by atoms with Crippen LogP contribution in [-0.4, -0.2) is 50.9 Å². The van der Waals surface area contributed by atoms with E-state index in [2.05, 4.69) is 34.5 Å². The fourth-order valence-corrected chi connectivity index (χ4v) is 5.33. The molecule has 1 aromatic rings. The number of β-lactam (4-membered cyclic amide) rings is 1. The van der Waals surface area contributed by atoms with Crippen molar-refractivity contribution < 1.29 is 19.1 Å². The highest BCUT2D eigenvalue weighted by Crippen LogP contribution is 2.41. The van der Waals surface area contributed by atoms with Gasteiger partial charge in [-0.1, -0.05) is 65.6 Å². The van der Waals surface area contributed by atoms with Gasteiger partial charge in [0.2, 0.25) is 5.91 Å². The first-order valence-corrected chi connectivity index (χ1v) is 11.0. The second kappa shape index (κ2) is 8.92. The molecule has 0 radical (unpaired) electrons. The number of fused-ring (bicyclic) bond motifs is 1. The van der Waals surface area contributed by atoms with E-state index in [0.29, 0.717) is 15.9 Å². The van der Waals surface area contributed by atoms with Gasteiger partial charge in [0.15, 0.2) is 0 Å². The van der Waals surface area contributed by atoms with Crippen molar-refractivity contribution in [1.82, 2.24) is 10.2 Å². The summed E-state index contributed by atoms with van der Waals surface area (Å²) in [6.07, 6.45) is 1.70. The Balaban J connectivity index is 1.69. The molecule has 0 unspecified atom stereocenters. The SMILES string of the molecule is C=CCOC(=O)C1=C(CI)CS[C@@H]2[C@H](NC(=O)Cc3ccccc3)C(=O)N12. The molecule has 27 heavy (non-hydrogen) atoms. The summed E-state index contributed by atoms with van der Waals surface area (Å²) in [5.74, 6) is -0.379. The predicted octanol–water partition coefficient (Wildman–Crippen LogP) is 2.05. The zero-order valence-electron chi connectivity index (χ0n) is 14.5. The lowest BCUT2D eigenvalue weighted by molar-refractivity contribution is -0.152. The third-order valence-corrected chi connectivity index (χ3v) is 6.52. The first-order valence-electron chi connectivity index (χ1n) is 8.40. The van der Waals surface area contributed by atoms with Crippen molar-refractivity contribution in [2.24, 2.45) is 0 Å². The number of rotatable bonds is 7. The van der Waals surface area contributed by atoms with Crippen molar-refractivity contribution >= 4 is 52.1 Å². The Bertz CT molecular complexity index is 796. The molecule has 0 aliphatic carbocycles. The summed E-state index contributed by atoms with van der Waals surface area (Å²) in [6.45, 7) is 3.62. The highest BCUT2D eigenvalue weighted by Gasteiger charge is 2.54. The molecule has 0 saturated carbocycles. The molecule has 2 atom stereocenters. The van der Waals surface area contributed by atoms with E-state index in [-0.39, 0.29) is 30.2 Å². The fourth-order valence-electron chi connectivity index (χ4n) is 2.98. The van der Waals surface area contributed by atoms with Gasteiger partial charge in [-0.25, -0.2) is 4.79 Å². The first kappa shape index (κ1) is 19.9. The lowest BCUT2D eigenvalue weighted by Crippen LogP contribution is -2.70. The van der Waals surface area contributed by atoms with Crippen LogP contribution < -0.4 is 5.32 Å². The summed E-state index contributed by atoms with van der Waals surface area (Å²) >= 11 is 3.72. The molecule has 2 aliphatic heterocycles. The zero-order valence-corrected chi connectivity index (χ0v) is 17.5. The number of carbonyl (C=O) groups excluding carboxylic acids is 3. The molecule has 1 N–H and O–H groups in total. The molecule has 2 aliphatic rings. The standard InChI is InChI=1S/C19H19IN2O4S/c1-2-8-26-19(25)16-13(10-20)11-27-18-15(17(24)22(16)18)21-14(23)9-12-6-4-3-5-7-12/h2-7,15,18H,1,8-11H2,(H,21,23)/t15-,18-/m1/s1. The van der Waals surface area contributed by atoms with E-state index in [1.54, 1.807) is 11.8 Å². The van der Waals surface area contributed by atoms with Gasteiger partial charge in [-0.05, 0) is 11.1 Å². The van der Waals surface area contributed by atoms with Crippen molar-refractivity contribution in [2.45, 2.75) is 17.8 Å². The van der Waals surface area contributed by atoms with Gasteiger partial charge in [0.1, 0.15) is 23.7 Å². The van der Waals surface area contributed by atoms with Gasteiger partial charge in [-0.3, -0.25) is 14.5 Å². The molecule has 142 valence electrons. The fraction of sp³-hybridized carbons (Fsp3) is 0.316. The number of benzene rings is 1. The second-order valence-electron chi connectivity index (χ2n) is 6.09. The molecule has 2 heterocycles. The maximum absolute atomic E-state index is 12.7. The van der Waals surface area contributed by atoms with E-state index in [0.717, 1.165) is 11.1 Å². The molecule has 3 rings (SSSR count). The van der Waals surface area contributed by atoms with E-state index in [1.165, 1.54) is 11.0 Å². The number of nitrogens with zero attached hydrogens (tertiary/aromatic N) is 1. The molecule has 1 saturated heterocycles. The van der Waals surface area contributed by atoms with Crippen molar-refractivity contribution in [3.63, 3.8) is 0 Å². The Hall–Kier alpha value is -1.81. The highest BCUT2D eigenvalue weighted by atomic mass is 127. The highest BCUT2D eigenvalue weighted by molar-refractivity contribution is 14.1. The Kier molecular flexibility index (Phi) is 6.59. The third-order valence-electron chi connectivity index (χ3n) is 4.26. The quantitative estimate of drug-likeness (QED) is 0.205. The molecule has 8 heteroatoms. The zero-order chi connectivity index (χ0) is 19.4. The van der Waals surface area contributed by atoms with Crippen LogP contribution in [0.25, 0.3) is 0 Å². The molecule has 1 aromatic carbocycles. The summed E-state index contributed by atoms with van der Waals surface area (Å²) in [5, 5.41) is 2.52. The van der Waals surface area contributed by atoms with Crippen molar-refractivity contribution in [2.75, 3.05) is 16.8 Å². The van der Waals surface area contributed by atoms with E-state index < -0.39 is 12.0 Å².